The summed E-state index contributed by atoms with van der Waals surface area (Å²) in [6.07, 6.45) is 3.67. The zero-order valence-corrected chi connectivity index (χ0v) is 9.34. The highest BCUT2D eigenvalue weighted by Crippen LogP contribution is 2.39. The van der Waals surface area contributed by atoms with Gasteiger partial charge in [-0.1, -0.05) is 25.2 Å². The lowest BCUT2D eigenvalue weighted by Crippen LogP contribution is -2.46. The van der Waals surface area contributed by atoms with Gasteiger partial charge in [-0.2, -0.15) is 0 Å². The molecule has 0 saturated heterocycles. The van der Waals surface area contributed by atoms with Crippen LogP contribution >= 0.6 is 0 Å². The summed E-state index contributed by atoms with van der Waals surface area (Å²) in [5, 5.41) is 18.1. The van der Waals surface area contributed by atoms with Crippen LogP contribution in [0.15, 0.2) is 23.8 Å². The summed E-state index contributed by atoms with van der Waals surface area (Å²) in [4.78, 5) is 33.9. The van der Waals surface area contributed by atoms with E-state index in [0.29, 0.717) is 0 Å². The molecule has 0 aromatic rings. The Morgan fingerprint density at radius 3 is 2.35 bits per heavy atom. The summed E-state index contributed by atoms with van der Waals surface area (Å²) in [7, 11) is 1.06. The van der Waals surface area contributed by atoms with E-state index in [1.54, 1.807) is 0 Å². The fraction of sp³-hybridized carbons (Fsp3) is 0.364. The van der Waals surface area contributed by atoms with Crippen molar-refractivity contribution in [3.05, 3.63) is 23.8 Å². The maximum atomic E-state index is 11.6. The Bertz CT molecular complexity index is 433. The van der Waals surface area contributed by atoms with Gasteiger partial charge in [-0.05, 0) is 0 Å². The van der Waals surface area contributed by atoms with Crippen LogP contribution in [0.5, 0.6) is 0 Å². The van der Waals surface area contributed by atoms with Crippen LogP contribution < -0.4 is 0 Å². The highest BCUT2D eigenvalue weighted by molar-refractivity contribution is 6.04. The number of rotatable bonds is 3. The molecule has 0 saturated carbocycles. The van der Waals surface area contributed by atoms with Gasteiger partial charge in [0.1, 0.15) is 0 Å². The van der Waals surface area contributed by atoms with Crippen molar-refractivity contribution in [1.29, 1.82) is 0 Å². The zero-order valence-electron chi connectivity index (χ0n) is 9.34. The molecule has 17 heavy (non-hydrogen) atoms. The fourth-order valence-electron chi connectivity index (χ4n) is 1.85. The molecule has 0 spiro atoms. The normalized spacial score (nSPS) is 27.2. The summed E-state index contributed by atoms with van der Waals surface area (Å²) in [6.45, 7) is 1.37. The van der Waals surface area contributed by atoms with Gasteiger partial charge < -0.3 is 14.9 Å². The molecule has 0 radical (unpaired) electrons. The van der Waals surface area contributed by atoms with Crippen molar-refractivity contribution in [1.82, 2.24) is 0 Å². The lowest BCUT2D eigenvalue weighted by molar-refractivity contribution is -0.165. The molecule has 0 aromatic heterocycles. The number of carboxylic acid groups (broad SMARTS) is 2. The standard InChI is InChI=1S/C11H12O6/c1-6-7(8(12)13)4-3-5-11(6,9(14)15)10(16)17-2/h3-6H,1-2H3,(H,12,13)(H,14,15). The number of hydrogen-bond acceptors (Lipinski definition) is 4. The Labute approximate surface area is 97.2 Å². The Morgan fingerprint density at radius 1 is 1.35 bits per heavy atom. The van der Waals surface area contributed by atoms with Crippen molar-refractivity contribution in [3.8, 4) is 0 Å². The van der Waals surface area contributed by atoms with Crippen molar-refractivity contribution in [3.63, 3.8) is 0 Å². The molecule has 2 atom stereocenters. The summed E-state index contributed by atoms with van der Waals surface area (Å²) >= 11 is 0. The van der Waals surface area contributed by atoms with Gasteiger partial charge in [0.2, 0.25) is 0 Å². The predicted molar refractivity (Wildman–Crippen MR) is 56.1 cm³/mol. The largest absolute Gasteiger partial charge is 0.480 e. The number of allylic oxidation sites excluding steroid dienone is 2. The Kier molecular flexibility index (Phi) is 3.36. The molecule has 0 bridgehead atoms. The minimum atomic E-state index is -1.97. The summed E-state index contributed by atoms with van der Waals surface area (Å²) in [5.41, 5.74) is -2.11. The van der Waals surface area contributed by atoms with Gasteiger partial charge in [0.15, 0.2) is 5.41 Å². The van der Waals surface area contributed by atoms with Crippen molar-refractivity contribution in [2.45, 2.75) is 6.92 Å². The van der Waals surface area contributed by atoms with E-state index in [2.05, 4.69) is 4.74 Å². The number of hydrogen-bond donors (Lipinski definition) is 2. The molecule has 2 N–H and O–H groups in total. The third kappa shape index (κ3) is 1.82. The molecule has 92 valence electrons. The van der Waals surface area contributed by atoms with Gasteiger partial charge >= 0.3 is 17.9 Å². The Morgan fingerprint density at radius 2 is 1.94 bits per heavy atom. The SMILES string of the molecule is COC(=O)C1(C(=O)O)C=CC=C(C(=O)O)C1C. The molecule has 0 fully saturated rings. The number of carbonyl (C=O) groups is 3. The topological polar surface area (TPSA) is 101 Å². The first kappa shape index (κ1) is 13.0. The first-order valence-electron chi connectivity index (χ1n) is 4.82. The second kappa shape index (κ2) is 4.40. The van der Waals surface area contributed by atoms with Gasteiger partial charge in [-0.25, -0.2) is 4.79 Å². The van der Waals surface area contributed by atoms with Gasteiger partial charge in [-0.3, -0.25) is 9.59 Å². The second-order valence-electron chi connectivity index (χ2n) is 3.67. The molecule has 1 aliphatic carbocycles. The number of ether oxygens (including phenoxy) is 1. The van der Waals surface area contributed by atoms with E-state index in [-0.39, 0.29) is 5.57 Å². The van der Waals surface area contributed by atoms with Gasteiger partial charge in [-0.15, -0.1) is 0 Å². The zero-order chi connectivity index (χ0) is 13.2. The van der Waals surface area contributed by atoms with E-state index in [1.807, 2.05) is 0 Å². The highest BCUT2D eigenvalue weighted by Gasteiger charge is 2.53. The van der Waals surface area contributed by atoms with E-state index >= 15 is 0 Å². The number of aliphatic carboxylic acids is 2. The third-order valence-electron chi connectivity index (χ3n) is 2.91. The Balaban J connectivity index is 3.33. The molecule has 6 nitrogen and oxygen atoms in total. The minimum absolute atomic E-state index is 0.139. The summed E-state index contributed by atoms with van der Waals surface area (Å²) < 4.78 is 4.46. The van der Waals surface area contributed by atoms with Crippen LogP contribution in [0.2, 0.25) is 0 Å². The summed E-state index contributed by atoms with van der Waals surface area (Å²) in [6, 6.07) is 0. The predicted octanol–water partition coefficient (Wildman–Crippen LogP) is 0.447. The van der Waals surface area contributed by atoms with Gasteiger partial charge in [0.05, 0.1) is 7.11 Å². The smallest absolute Gasteiger partial charge is 0.331 e. The second-order valence-corrected chi connectivity index (χ2v) is 3.67. The number of carbonyl (C=O) groups excluding carboxylic acids is 1. The number of methoxy groups -OCH3 is 1. The van der Waals surface area contributed by atoms with Crippen molar-refractivity contribution in [2.75, 3.05) is 7.11 Å². The molecular weight excluding hydrogens is 228 g/mol. The van der Waals surface area contributed by atoms with Crippen LogP contribution in [-0.2, 0) is 19.1 Å². The first-order valence-corrected chi connectivity index (χ1v) is 4.82. The lowest BCUT2D eigenvalue weighted by atomic mass is 9.70. The third-order valence-corrected chi connectivity index (χ3v) is 2.91. The molecule has 0 aromatic carbocycles. The van der Waals surface area contributed by atoms with Crippen LogP contribution in [0, 0.1) is 11.3 Å². The average Bonchev–Trinajstić information content (AvgIpc) is 2.27. The van der Waals surface area contributed by atoms with Crippen LogP contribution in [0.4, 0.5) is 0 Å². The van der Waals surface area contributed by atoms with Crippen LogP contribution in [0.25, 0.3) is 0 Å². The molecule has 2 unspecified atom stereocenters. The van der Waals surface area contributed by atoms with Gasteiger partial charge in [0.25, 0.3) is 0 Å². The quantitative estimate of drug-likeness (QED) is 0.548. The van der Waals surface area contributed by atoms with E-state index in [0.717, 1.165) is 13.2 Å². The van der Waals surface area contributed by atoms with Crippen molar-refractivity contribution in [2.24, 2.45) is 11.3 Å². The van der Waals surface area contributed by atoms with E-state index in [1.165, 1.54) is 19.1 Å². The van der Waals surface area contributed by atoms with Crippen LogP contribution in [-0.4, -0.2) is 35.2 Å². The van der Waals surface area contributed by atoms with E-state index in [4.69, 9.17) is 5.11 Å². The monoisotopic (exact) mass is 240 g/mol. The Hall–Kier alpha value is -2.11. The minimum Gasteiger partial charge on any atom is -0.480 e. The van der Waals surface area contributed by atoms with E-state index in [9.17, 15) is 19.5 Å². The molecule has 0 aliphatic heterocycles. The maximum Gasteiger partial charge on any atom is 0.331 e. The first-order chi connectivity index (χ1) is 7.87. The summed E-state index contributed by atoms with van der Waals surface area (Å²) in [5.74, 6) is -4.67. The molecule has 0 heterocycles. The van der Waals surface area contributed by atoms with Crippen LogP contribution in [0.1, 0.15) is 6.92 Å². The lowest BCUT2D eigenvalue weighted by Gasteiger charge is -2.31. The number of carboxylic acids is 2. The van der Waals surface area contributed by atoms with Gasteiger partial charge in [0, 0.05) is 11.5 Å². The van der Waals surface area contributed by atoms with E-state index < -0.39 is 29.2 Å². The molecule has 6 heteroatoms. The van der Waals surface area contributed by atoms with Crippen LogP contribution in [0.3, 0.4) is 0 Å². The number of esters is 1. The molecule has 1 rings (SSSR count). The molecule has 0 amide bonds. The van der Waals surface area contributed by atoms with Crippen molar-refractivity contribution >= 4 is 17.9 Å². The van der Waals surface area contributed by atoms with Crippen molar-refractivity contribution < 1.29 is 29.3 Å². The molecular formula is C11H12O6. The maximum absolute atomic E-state index is 11.6. The molecule has 1 aliphatic rings. The fourth-order valence-corrected chi connectivity index (χ4v) is 1.85. The average molecular weight is 240 g/mol. The highest BCUT2D eigenvalue weighted by atomic mass is 16.5.